The molecule has 0 atom stereocenters. The van der Waals surface area contributed by atoms with Crippen molar-refractivity contribution in [3.05, 3.63) is 62.3 Å². The largest absolute Gasteiger partial charge is 1.00 e. The zero-order valence-electron chi connectivity index (χ0n) is 12.6. The van der Waals surface area contributed by atoms with E-state index in [1.807, 2.05) is 38.1 Å². The van der Waals surface area contributed by atoms with Crippen LogP contribution in [0.4, 0.5) is 0 Å². The minimum absolute atomic E-state index is 0. The first-order chi connectivity index (χ1) is 9.60. The van der Waals surface area contributed by atoms with Crippen molar-refractivity contribution in [2.75, 3.05) is 0 Å². The van der Waals surface area contributed by atoms with Gasteiger partial charge in [0.25, 0.3) is 0 Å². The molecule has 2 aromatic rings. The molecule has 106 valence electrons. The normalized spacial score (nSPS) is 10.2. The summed E-state index contributed by atoms with van der Waals surface area (Å²) in [6.45, 7) is 4.72. The summed E-state index contributed by atoms with van der Waals surface area (Å²) in [6, 6.07) is 8.16. The van der Waals surface area contributed by atoms with Crippen LogP contribution in [0.25, 0.3) is 0 Å². The molecule has 1 aromatic carbocycles. The molecule has 0 spiro atoms. The van der Waals surface area contributed by atoms with E-state index in [1.54, 1.807) is 4.57 Å². The Morgan fingerprint density at radius 3 is 2.62 bits per heavy atom. The molecule has 4 nitrogen and oxygen atoms in total. The van der Waals surface area contributed by atoms with Gasteiger partial charge in [0.15, 0.2) is 0 Å². The van der Waals surface area contributed by atoms with Crippen molar-refractivity contribution < 1.29 is 23.6 Å². The third-order valence-corrected chi connectivity index (χ3v) is 3.30. The van der Waals surface area contributed by atoms with E-state index in [2.05, 4.69) is 11.2 Å². The zero-order valence-corrected chi connectivity index (χ0v) is 13.4. The number of aromatic amines is 1. The SMILES string of the molecule is CCc1[c-]n(COCc2ccc(C)cc2)c(=S)[nH]c1=O.[Li+]. The van der Waals surface area contributed by atoms with Gasteiger partial charge in [-0.2, -0.15) is 0 Å². The van der Waals surface area contributed by atoms with Crippen molar-refractivity contribution in [1.29, 1.82) is 0 Å². The Bertz CT molecular complexity index is 692. The van der Waals surface area contributed by atoms with E-state index in [0.717, 1.165) is 5.56 Å². The Morgan fingerprint density at radius 1 is 1.33 bits per heavy atom. The van der Waals surface area contributed by atoms with E-state index in [0.29, 0.717) is 23.4 Å². The quantitative estimate of drug-likeness (QED) is 0.470. The summed E-state index contributed by atoms with van der Waals surface area (Å²) in [5.74, 6) is 0. The molecule has 21 heavy (non-hydrogen) atoms. The Morgan fingerprint density at radius 2 is 2.00 bits per heavy atom. The average molecular weight is 296 g/mol. The fourth-order valence-corrected chi connectivity index (χ4v) is 1.97. The summed E-state index contributed by atoms with van der Waals surface area (Å²) in [5.41, 5.74) is 2.73. The van der Waals surface area contributed by atoms with Crippen LogP contribution in [0.3, 0.4) is 0 Å². The fraction of sp³-hybridized carbons (Fsp3) is 0.333. The van der Waals surface area contributed by atoms with Crippen LogP contribution in [-0.4, -0.2) is 9.55 Å². The number of hydrogen-bond donors (Lipinski definition) is 1. The Balaban J connectivity index is 0.00000220. The number of rotatable bonds is 5. The van der Waals surface area contributed by atoms with Crippen LogP contribution in [0.5, 0.6) is 0 Å². The maximum Gasteiger partial charge on any atom is 1.00 e. The van der Waals surface area contributed by atoms with Crippen molar-refractivity contribution in [2.24, 2.45) is 0 Å². The van der Waals surface area contributed by atoms with Gasteiger partial charge in [0, 0.05) is 0 Å². The molecule has 2 rings (SSSR count). The molecule has 0 aliphatic carbocycles. The van der Waals surface area contributed by atoms with Crippen LogP contribution >= 0.6 is 12.2 Å². The molecule has 0 aliphatic rings. The minimum Gasteiger partial charge on any atom is -0.412 e. The average Bonchev–Trinajstić information content (AvgIpc) is 2.43. The maximum absolute atomic E-state index is 11.5. The number of nitrogens with one attached hydrogen (secondary N) is 1. The second kappa shape index (κ2) is 8.35. The van der Waals surface area contributed by atoms with Gasteiger partial charge >= 0.3 is 18.9 Å². The maximum atomic E-state index is 11.5. The molecule has 0 unspecified atom stereocenters. The summed E-state index contributed by atoms with van der Waals surface area (Å²) in [6.07, 6.45) is 3.58. The second-order valence-electron chi connectivity index (χ2n) is 4.59. The van der Waals surface area contributed by atoms with E-state index in [1.165, 1.54) is 5.56 Å². The van der Waals surface area contributed by atoms with Crippen LogP contribution in [-0.2, 0) is 24.5 Å². The summed E-state index contributed by atoms with van der Waals surface area (Å²) in [4.78, 5) is 14.2. The predicted molar refractivity (Wildman–Crippen MR) is 80.1 cm³/mol. The van der Waals surface area contributed by atoms with Gasteiger partial charge < -0.3 is 19.1 Å². The van der Waals surface area contributed by atoms with E-state index >= 15 is 0 Å². The molecule has 6 heteroatoms. The van der Waals surface area contributed by atoms with Crippen molar-refractivity contribution >= 4 is 12.2 Å². The van der Waals surface area contributed by atoms with E-state index in [-0.39, 0.29) is 31.2 Å². The number of ether oxygens (including phenoxy) is 1. The Hall–Kier alpha value is -1.12. The molecule has 1 heterocycles. The second-order valence-corrected chi connectivity index (χ2v) is 4.98. The van der Waals surface area contributed by atoms with Gasteiger partial charge in [-0.25, -0.2) is 0 Å². The van der Waals surface area contributed by atoms with Crippen LogP contribution in [0.1, 0.15) is 23.6 Å². The van der Waals surface area contributed by atoms with E-state index in [4.69, 9.17) is 17.0 Å². The van der Waals surface area contributed by atoms with Gasteiger partial charge in [-0.3, -0.25) is 0 Å². The summed E-state index contributed by atoms with van der Waals surface area (Å²) in [5, 5.41) is 0. The van der Waals surface area contributed by atoms with Crippen molar-refractivity contribution in [3.8, 4) is 0 Å². The summed E-state index contributed by atoms with van der Waals surface area (Å²) < 4.78 is 7.55. The van der Waals surface area contributed by atoms with Crippen molar-refractivity contribution in [1.82, 2.24) is 9.55 Å². The monoisotopic (exact) mass is 296 g/mol. The van der Waals surface area contributed by atoms with Gasteiger partial charge in [0.05, 0.1) is 11.4 Å². The number of benzene rings is 1. The Kier molecular flexibility index (Phi) is 7.13. The van der Waals surface area contributed by atoms with Gasteiger partial charge in [-0.1, -0.05) is 48.5 Å². The first kappa shape index (κ1) is 17.9. The molecule has 0 aliphatic heterocycles. The van der Waals surface area contributed by atoms with E-state index < -0.39 is 0 Å². The zero-order chi connectivity index (χ0) is 14.5. The molecular weight excluding hydrogens is 279 g/mol. The van der Waals surface area contributed by atoms with Gasteiger partial charge in [0.1, 0.15) is 12.3 Å². The Labute approximate surface area is 141 Å². The molecule has 0 fully saturated rings. The smallest absolute Gasteiger partial charge is 0.412 e. The van der Waals surface area contributed by atoms with E-state index in [9.17, 15) is 4.79 Å². The third kappa shape index (κ3) is 4.97. The third-order valence-electron chi connectivity index (χ3n) is 2.97. The number of aryl methyl sites for hydroxylation is 2. The number of aromatic nitrogens is 2. The van der Waals surface area contributed by atoms with Crippen LogP contribution < -0.4 is 24.4 Å². The molecular formula is C15H17LiN2O2S. The van der Waals surface area contributed by atoms with Crippen LogP contribution in [0.2, 0.25) is 0 Å². The summed E-state index contributed by atoms with van der Waals surface area (Å²) >= 11 is 5.09. The molecule has 1 N–H and O–H groups in total. The first-order valence-electron chi connectivity index (χ1n) is 6.48. The molecule has 0 amide bonds. The molecule has 0 saturated carbocycles. The van der Waals surface area contributed by atoms with Crippen molar-refractivity contribution in [2.45, 2.75) is 33.6 Å². The van der Waals surface area contributed by atoms with Crippen molar-refractivity contribution in [3.63, 3.8) is 0 Å². The minimum atomic E-state index is -0.174. The molecule has 1 aromatic heterocycles. The predicted octanol–water partition coefficient (Wildman–Crippen LogP) is -0.245. The molecule has 0 saturated heterocycles. The molecule has 0 bridgehead atoms. The standard InChI is InChI=1S/C15H17N2O2S.Li/c1-3-13-8-17(15(20)16-14(13)18)10-19-9-12-6-4-11(2)5-7-12;/h4-7H,3,9-10H2,1-2H3,(H,16,18,20);/q-1;+1. The van der Waals surface area contributed by atoms with Crippen LogP contribution in [0.15, 0.2) is 29.1 Å². The number of nitrogens with zero attached hydrogens (tertiary/aromatic N) is 1. The number of H-pyrrole nitrogens is 1. The van der Waals surface area contributed by atoms with Gasteiger partial charge in [-0.05, 0) is 18.9 Å². The topological polar surface area (TPSA) is 47.0 Å². The summed E-state index contributed by atoms with van der Waals surface area (Å²) in [7, 11) is 0. The van der Waals surface area contributed by atoms with Gasteiger partial charge in [0.2, 0.25) is 0 Å². The first-order valence-corrected chi connectivity index (χ1v) is 6.89. The number of hydrogen-bond acceptors (Lipinski definition) is 3. The molecule has 0 radical (unpaired) electrons. The van der Waals surface area contributed by atoms with Crippen LogP contribution in [0, 0.1) is 17.9 Å². The fourth-order valence-electron chi connectivity index (χ4n) is 1.77. The van der Waals surface area contributed by atoms with Gasteiger partial charge in [-0.15, -0.1) is 12.2 Å².